The molecule has 3 heteroatoms. The Kier molecular flexibility index (Phi) is 7.39. The minimum absolute atomic E-state index is 0.0241. The van der Waals surface area contributed by atoms with Crippen molar-refractivity contribution in [2.24, 2.45) is 23.5 Å². The summed E-state index contributed by atoms with van der Waals surface area (Å²) in [6.07, 6.45) is 1.11. The standard InChI is InChI=1S/C13H28N2O/c1-6-11(5)9-15(7-2)13(16)12(8-14)10(3)4/h10-12H,6-9,14H2,1-5H3. The van der Waals surface area contributed by atoms with Crippen LogP contribution in [-0.4, -0.2) is 30.4 Å². The molecule has 96 valence electrons. The summed E-state index contributed by atoms with van der Waals surface area (Å²) in [6.45, 7) is 12.6. The Bertz CT molecular complexity index is 204. The van der Waals surface area contributed by atoms with Crippen LogP contribution in [0.25, 0.3) is 0 Å². The summed E-state index contributed by atoms with van der Waals surface area (Å²) in [5.74, 6) is 1.09. The molecule has 0 heterocycles. The number of amides is 1. The Balaban J connectivity index is 4.50. The number of rotatable bonds is 7. The van der Waals surface area contributed by atoms with Crippen LogP contribution in [-0.2, 0) is 4.79 Å². The lowest BCUT2D eigenvalue weighted by molar-refractivity contribution is -0.137. The van der Waals surface area contributed by atoms with Gasteiger partial charge in [-0.3, -0.25) is 4.79 Å². The monoisotopic (exact) mass is 228 g/mol. The summed E-state index contributed by atoms with van der Waals surface area (Å²) in [5.41, 5.74) is 5.68. The summed E-state index contributed by atoms with van der Waals surface area (Å²) in [7, 11) is 0. The van der Waals surface area contributed by atoms with E-state index < -0.39 is 0 Å². The number of nitrogens with zero attached hydrogens (tertiary/aromatic N) is 1. The van der Waals surface area contributed by atoms with Gasteiger partial charge in [0.25, 0.3) is 0 Å². The van der Waals surface area contributed by atoms with Gasteiger partial charge in [-0.15, -0.1) is 0 Å². The quantitative estimate of drug-likeness (QED) is 0.725. The van der Waals surface area contributed by atoms with Gasteiger partial charge in [-0.05, 0) is 18.8 Å². The zero-order valence-corrected chi connectivity index (χ0v) is 11.5. The predicted molar refractivity (Wildman–Crippen MR) is 69.1 cm³/mol. The lowest BCUT2D eigenvalue weighted by atomic mass is 9.94. The molecule has 0 spiro atoms. The smallest absolute Gasteiger partial charge is 0.227 e. The van der Waals surface area contributed by atoms with E-state index in [0.29, 0.717) is 18.4 Å². The summed E-state index contributed by atoms with van der Waals surface area (Å²) in [4.78, 5) is 14.2. The molecule has 0 saturated heterocycles. The zero-order chi connectivity index (χ0) is 12.7. The van der Waals surface area contributed by atoms with Crippen LogP contribution in [0.2, 0.25) is 0 Å². The van der Waals surface area contributed by atoms with Gasteiger partial charge in [-0.25, -0.2) is 0 Å². The fourth-order valence-electron chi connectivity index (χ4n) is 1.77. The Morgan fingerprint density at radius 1 is 1.25 bits per heavy atom. The van der Waals surface area contributed by atoms with Crippen molar-refractivity contribution in [1.82, 2.24) is 4.90 Å². The van der Waals surface area contributed by atoms with E-state index in [2.05, 4.69) is 27.7 Å². The van der Waals surface area contributed by atoms with Gasteiger partial charge in [0.1, 0.15) is 0 Å². The summed E-state index contributed by atoms with van der Waals surface area (Å²) < 4.78 is 0. The van der Waals surface area contributed by atoms with E-state index in [1.807, 2.05) is 11.8 Å². The lowest BCUT2D eigenvalue weighted by Crippen LogP contribution is -2.43. The second kappa shape index (κ2) is 7.66. The molecule has 0 aliphatic carbocycles. The summed E-state index contributed by atoms with van der Waals surface area (Å²) in [5, 5.41) is 0. The van der Waals surface area contributed by atoms with E-state index in [9.17, 15) is 4.79 Å². The van der Waals surface area contributed by atoms with Gasteiger partial charge in [-0.2, -0.15) is 0 Å². The van der Waals surface area contributed by atoms with E-state index in [4.69, 9.17) is 5.73 Å². The first-order valence-electron chi connectivity index (χ1n) is 6.46. The van der Waals surface area contributed by atoms with Crippen LogP contribution in [0.15, 0.2) is 0 Å². The molecule has 16 heavy (non-hydrogen) atoms. The maximum atomic E-state index is 12.2. The minimum Gasteiger partial charge on any atom is -0.342 e. The molecule has 0 aromatic rings. The molecule has 0 aliphatic rings. The third kappa shape index (κ3) is 4.52. The Morgan fingerprint density at radius 2 is 1.81 bits per heavy atom. The highest BCUT2D eigenvalue weighted by atomic mass is 16.2. The number of carbonyl (C=O) groups excluding carboxylic acids is 1. The van der Waals surface area contributed by atoms with Crippen LogP contribution < -0.4 is 5.73 Å². The van der Waals surface area contributed by atoms with Crippen molar-refractivity contribution in [1.29, 1.82) is 0 Å². The fraction of sp³-hybridized carbons (Fsp3) is 0.923. The van der Waals surface area contributed by atoms with Gasteiger partial charge >= 0.3 is 0 Å². The zero-order valence-electron chi connectivity index (χ0n) is 11.5. The van der Waals surface area contributed by atoms with Gasteiger partial charge in [0.15, 0.2) is 0 Å². The van der Waals surface area contributed by atoms with Crippen LogP contribution in [0.3, 0.4) is 0 Å². The SMILES string of the molecule is CCC(C)CN(CC)C(=O)C(CN)C(C)C. The van der Waals surface area contributed by atoms with Crippen LogP contribution in [0.5, 0.6) is 0 Å². The van der Waals surface area contributed by atoms with Gasteiger partial charge in [0.2, 0.25) is 5.91 Å². The third-order valence-corrected chi connectivity index (χ3v) is 3.30. The summed E-state index contributed by atoms with van der Waals surface area (Å²) >= 11 is 0. The molecule has 0 aromatic carbocycles. The molecule has 0 rings (SSSR count). The molecule has 2 N–H and O–H groups in total. The van der Waals surface area contributed by atoms with E-state index >= 15 is 0 Å². The average Bonchev–Trinajstić information content (AvgIpc) is 2.25. The molecular weight excluding hydrogens is 200 g/mol. The maximum absolute atomic E-state index is 12.2. The minimum atomic E-state index is -0.0241. The summed E-state index contributed by atoms with van der Waals surface area (Å²) in [6, 6.07) is 0. The topological polar surface area (TPSA) is 46.3 Å². The van der Waals surface area contributed by atoms with Gasteiger partial charge in [0, 0.05) is 19.6 Å². The molecule has 0 aromatic heterocycles. The molecular formula is C13H28N2O. The van der Waals surface area contributed by atoms with Crippen molar-refractivity contribution in [2.45, 2.75) is 41.0 Å². The molecule has 3 nitrogen and oxygen atoms in total. The molecule has 0 aliphatic heterocycles. The van der Waals surface area contributed by atoms with E-state index in [1.165, 1.54) is 0 Å². The first-order valence-corrected chi connectivity index (χ1v) is 6.46. The van der Waals surface area contributed by atoms with Crippen molar-refractivity contribution in [3.8, 4) is 0 Å². The van der Waals surface area contributed by atoms with Crippen LogP contribution in [0, 0.1) is 17.8 Å². The van der Waals surface area contributed by atoms with Crippen LogP contribution in [0.4, 0.5) is 0 Å². The number of nitrogens with two attached hydrogens (primary N) is 1. The normalized spacial score (nSPS) is 14.9. The largest absolute Gasteiger partial charge is 0.342 e. The van der Waals surface area contributed by atoms with E-state index in [1.54, 1.807) is 0 Å². The highest BCUT2D eigenvalue weighted by molar-refractivity contribution is 5.79. The van der Waals surface area contributed by atoms with Crippen molar-refractivity contribution in [3.05, 3.63) is 0 Å². The van der Waals surface area contributed by atoms with E-state index in [0.717, 1.165) is 19.5 Å². The number of hydrogen-bond acceptors (Lipinski definition) is 2. The third-order valence-electron chi connectivity index (χ3n) is 3.30. The lowest BCUT2D eigenvalue weighted by Gasteiger charge is -2.29. The Morgan fingerprint density at radius 3 is 2.12 bits per heavy atom. The maximum Gasteiger partial charge on any atom is 0.227 e. The van der Waals surface area contributed by atoms with Crippen molar-refractivity contribution in [3.63, 3.8) is 0 Å². The number of carbonyl (C=O) groups is 1. The van der Waals surface area contributed by atoms with Gasteiger partial charge in [0.05, 0.1) is 5.92 Å². The average molecular weight is 228 g/mol. The molecule has 0 fully saturated rings. The Labute approximate surface area is 100 Å². The predicted octanol–water partition coefficient (Wildman–Crippen LogP) is 2.11. The Hall–Kier alpha value is -0.570. The van der Waals surface area contributed by atoms with Gasteiger partial charge < -0.3 is 10.6 Å². The highest BCUT2D eigenvalue weighted by Gasteiger charge is 2.25. The molecule has 2 unspecified atom stereocenters. The van der Waals surface area contributed by atoms with Crippen molar-refractivity contribution < 1.29 is 4.79 Å². The molecule has 0 radical (unpaired) electrons. The second-order valence-electron chi connectivity index (χ2n) is 4.98. The van der Waals surface area contributed by atoms with Gasteiger partial charge in [-0.1, -0.05) is 34.1 Å². The molecule has 0 bridgehead atoms. The molecule has 2 atom stereocenters. The first-order chi connectivity index (χ1) is 7.47. The second-order valence-corrected chi connectivity index (χ2v) is 4.98. The van der Waals surface area contributed by atoms with Crippen LogP contribution in [0.1, 0.15) is 41.0 Å². The molecule has 1 amide bonds. The number of hydrogen-bond donors (Lipinski definition) is 1. The first kappa shape index (κ1) is 15.4. The highest BCUT2D eigenvalue weighted by Crippen LogP contribution is 2.15. The van der Waals surface area contributed by atoms with Crippen molar-refractivity contribution in [2.75, 3.05) is 19.6 Å². The molecule has 0 saturated carbocycles. The van der Waals surface area contributed by atoms with Crippen LogP contribution >= 0.6 is 0 Å². The van der Waals surface area contributed by atoms with Crippen molar-refractivity contribution >= 4 is 5.91 Å². The van der Waals surface area contributed by atoms with E-state index in [-0.39, 0.29) is 11.8 Å². The fourth-order valence-corrected chi connectivity index (χ4v) is 1.77.